The summed E-state index contributed by atoms with van der Waals surface area (Å²) < 4.78 is 0. The Morgan fingerprint density at radius 2 is 1.71 bits per heavy atom. The third-order valence-electron chi connectivity index (χ3n) is 2.98. The molecule has 0 atom stereocenters. The fraction of sp³-hybridized carbons (Fsp3) is 0.188. The van der Waals surface area contributed by atoms with Crippen LogP contribution in [0.4, 0.5) is 11.4 Å². The summed E-state index contributed by atoms with van der Waals surface area (Å²) in [6.07, 6.45) is 0. The number of hydrogen-bond donors (Lipinski definition) is 2. The van der Waals surface area contributed by atoms with Crippen LogP contribution in [0.3, 0.4) is 0 Å². The highest BCUT2D eigenvalue weighted by atomic mass is 35.5. The number of nitrogens with one attached hydrogen (secondary N) is 2. The molecule has 1 amide bonds. The molecule has 21 heavy (non-hydrogen) atoms. The summed E-state index contributed by atoms with van der Waals surface area (Å²) >= 11 is 11.8. The third kappa shape index (κ3) is 4.66. The zero-order valence-corrected chi connectivity index (χ0v) is 13.3. The summed E-state index contributed by atoms with van der Waals surface area (Å²) in [4.78, 5) is 11.9. The van der Waals surface area contributed by atoms with Gasteiger partial charge in [0.25, 0.3) is 0 Å². The van der Waals surface area contributed by atoms with Gasteiger partial charge in [0, 0.05) is 21.4 Å². The lowest BCUT2D eigenvalue weighted by molar-refractivity contribution is -0.114. The Hall–Kier alpha value is -1.71. The minimum atomic E-state index is -0.158. The van der Waals surface area contributed by atoms with Crippen LogP contribution in [-0.4, -0.2) is 12.5 Å². The van der Waals surface area contributed by atoms with Crippen molar-refractivity contribution in [3.8, 4) is 0 Å². The highest BCUT2D eigenvalue weighted by molar-refractivity contribution is 6.35. The minimum Gasteiger partial charge on any atom is -0.376 e. The second-order valence-electron chi connectivity index (χ2n) is 4.88. The summed E-state index contributed by atoms with van der Waals surface area (Å²) in [5.41, 5.74) is 3.78. The van der Waals surface area contributed by atoms with Gasteiger partial charge >= 0.3 is 0 Å². The van der Waals surface area contributed by atoms with E-state index in [1.165, 1.54) is 0 Å². The van der Waals surface area contributed by atoms with E-state index in [2.05, 4.69) is 10.6 Å². The highest BCUT2D eigenvalue weighted by Crippen LogP contribution is 2.22. The van der Waals surface area contributed by atoms with Gasteiger partial charge in [0.05, 0.1) is 6.54 Å². The fourth-order valence-corrected chi connectivity index (χ4v) is 2.46. The minimum absolute atomic E-state index is 0.158. The van der Waals surface area contributed by atoms with Crippen molar-refractivity contribution in [1.82, 2.24) is 0 Å². The van der Waals surface area contributed by atoms with Crippen LogP contribution in [-0.2, 0) is 4.79 Å². The summed E-state index contributed by atoms with van der Waals surface area (Å²) in [5, 5.41) is 6.86. The molecule has 0 aromatic heterocycles. The highest BCUT2D eigenvalue weighted by Gasteiger charge is 2.05. The van der Waals surface area contributed by atoms with Crippen molar-refractivity contribution >= 4 is 40.5 Å². The Balaban J connectivity index is 1.97. The van der Waals surface area contributed by atoms with Crippen LogP contribution in [0.25, 0.3) is 0 Å². The van der Waals surface area contributed by atoms with E-state index in [4.69, 9.17) is 23.2 Å². The molecule has 0 saturated heterocycles. The number of hydrogen-bond acceptors (Lipinski definition) is 2. The molecule has 2 aromatic carbocycles. The van der Waals surface area contributed by atoms with Gasteiger partial charge < -0.3 is 10.6 Å². The molecule has 3 nitrogen and oxygen atoms in total. The zero-order chi connectivity index (χ0) is 15.4. The number of carbonyl (C=O) groups excluding carboxylic acids is 1. The van der Waals surface area contributed by atoms with Crippen molar-refractivity contribution in [1.29, 1.82) is 0 Å². The van der Waals surface area contributed by atoms with Crippen LogP contribution < -0.4 is 10.6 Å². The van der Waals surface area contributed by atoms with Crippen molar-refractivity contribution in [2.45, 2.75) is 13.8 Å². The first kappa shape index (κ1) is 15.7. The van der Waals surface area contributed by atoms with E-state index >= 15 is 0 Å². The molecule has 0 unspecified atom stereocenters. The fourth-order valence-electron chi connectivity index (χ4n) is 1.93. The molecule has 0 radical (unpaired) electrons. The molecule has 0 aliphatic rings. The summed E-state index contributed by atoms with van der Waals surface area (Å²) in [5.74, 6) is -0.158. The maximum absolute atomic E-state index is 11.9. The van der Waals surface area contributed by atoms with Gasteiger partial charge in [0.2, 0.25) is 5.91 Å². The average Bonchev–Trinajstić information content (AvgIpc) is 2.38. The number of rotatable bonds is 4. The van der Waals surface area contributed by atoms with Gasteiger partial charge in [-0.25, -0.2) is 0 Å². The van der Waals surface area contributed by atoms with E-state index in [9.17, 15) is 4.79 Å². The van der Waals surface area contributed by atoms with E-state index in [1.807, 2.05) is 32.0 Å². The van der Waals surface area contributed by atoms with E-state index < -0.39 is 0 Å². The normalized spacial score (nSPS) is 10.3. The van der Waals surface area contributed by atoms with Gasteiger partial charge in [-0.3, -0.25) is 4.79 Å². The third-order valence-corrected chi connectivity index (χ3v) is 3.42. The Bertz CT molecular complexity index is 651. The number of benzene rings is 2. The summed E-state index contributed by atoms with van der Waals surface area (Å²) in [6.45, 7) is 4.18. The van der Waals surface area contributed by atoms with E-state index in [1.54, 1.807) is 18.2 Å². The molecule has 5 heteroatoms. The lowest BCUT2D eigenvalue weighted by Gasteiger charge is -2.11. The second-order valence-corrected chi connectivity index (χ2v) is 5.75. The first-order valence-corrected chi connectivity index (χ1v) is 7.27. The first-order valence-electron chi connectivity index (χ1n) is 6.51. The van der Waals surface area contributed by atoms with Crippen molar-refractivity contribution in [2.75, 3.05) is 17.2 Å². The number of amides is 1. The monoisotopic (exact) mass is 322 g/mol. The lowest BCUT2D eigenvalue weighted by Crippen LogP contribution is -2.22. The van der Waals surface area contributed by atoms with Gasteiger partial charge in [-0.15, -0.1) is 0 Å². The maximum Gasteiger partial charge on any atom is 0.243 e. The lowest BCUT2D eigenvalue weighted by atomic mass is 10.1. The molecule has 2 N–H and O–H groups in total. The van der Waals surface area contributed by atoms with Crippen molar-refractivity contribution < 1.29 is 4.79 Å². The van der Waals surface area contributed by atoms with Crippen molar-refractivity contribution in [3.63, 3.8) is 0 Å². The van der Waals surface area contributed by atoms with Gasteiger partial charge in [-0.1, -0.05) is 35.3 Å². The second kappa shape index (κ2) is 6.83. The van der Waals surface area contributed by atoms with Crippen LogP contribution in [0.2, 0.25) is 10.0 Å². The number of anilines is 2. The first-order chi connectivity index (χ1) is 9.94. The molecule has 2 rings (SSSR count). The predicted molar refractivity (Wildman–Crippen MR) is 89.5 cm³/mol. The molecule has 2 aromatic rings. The summed E-state index contributed by atoms with van der Waals surface area (Å²) in [7, 11) is 0. The van der Waals surface area contributed by atoms with E-state index in [0.29, 0.717) is 15.7 Å². The predicted octanol–water partition coefficient (Wildman–Crippen LogP) is 4.66. The van der Waals surface area contributed by atoms with Gasteiger partial charge in [0.1, 0.15) is 0 Å². The molecule has 0 aliphatic heterocycles. The molecular weight excluding hydrogens is 307 g/mol. The van der Waals surface area contributed by atoms with E-state index in [0.717, 1.165) is 16.8 Å². The Labute approximate surface area is 134 Å². The SMILES string of the molecule is Cc1ccc(C)c(NCC(=O)Nc2cc(Cl)cc(Cl)c2)c1. The van der Waals surface area contributed by atoms with Crippen molar-refractivity contribution in [3.05, 3.63) is 57.6 Å². The molecule has 0 saturated carbocycles. The molecule has 0 aliphatic carbocycles. The van der Waals surface area contributed by atoms with Crippen LogP contribution in [0, 0.1) is 13.8 Å². The molecule has 0 bridgehead atoms. The van der Waals surface area contributed by atoms with E-state index in [-0.39, 0.29) is 12.5 Å². The van der Waals surface area contributed by atoms with Crippen LogP contribution in [0.1, 0.15) is 11.1 Å². The number of carbonyl (C=O) groups is 1. The molecular formula is C16H16Cl2N2O. The largest absolute Gasteiger partial charge is 0.376 e. The maximum atomic E-state index is 11.9. The zero-order valence-electron chi connectivity index (χ0n) is 11.8. The molecule has 0 spiro atoms. The number of halogens is 2. The molecule has 0 fully saturated rings. The van der Waals surface area contributed by atoms with Crippen LogP contribution in [0.15, 0.2) is 36.4 Å². The van der Waals surface area contributed by atoms with Gasteiger partial charge in [-0.2, -0.15) is 0 Å². The average molecular weight is 323 g/mol. The number of aryl methyl sites for hydroxylation is 2. The molecule has 110 valence electrons. The Kier molecular flexibility index (Phi) is 5.10. The Morgan fingerprint density at radius 3 is 2.38 bits per heavy atom. The van der Waals surface area contributed by atoms with Gasteiger partial charge in [0.15, 0.2) is 0 Å². The smallest absolute Gasteiger partial charge is 0.243 e. The van der Waals surface area contributed by atoms with Crippen LogP contribution in [0.5, 0.6) is 0 Å². The quantitative estimate of drug-likeness (QED) is 0.859. The Morgan fingerprint density at radius 1 is 1.05 bits per heavy atom. The topological polar surface area (TPSA) is 41.1 Å². The van der Waals surface area contributed by atoms with Crippen LogP contribution >= 0.6 is 23.2 Å². The summed E-state index contributed by atoms with van der Waals surface area (Å²) in [6, 6.07) is 11.0. The standard InChI is InChI=1S/C16H16Cl2N2O/c1-10-3-4-11(2)15(5-10)19-9-16(21)20-14-7-12(17)6-13(18)8-14/h3-8,19H,9H2,1-2H3,(H,20,21). The van der Waals surface area contributed by atoms with Crippen molar-refractivity contribution in [2.24, 2.45) is 0 Å². The molecule has 0 heterocycles. The van der Waals surface area contributed by atoms with Gasteiger partial charge in [-0.05, 0) is 49.2 Å².